The van der Waals surface area contributed by atoms with E-state index >= 15 is 0 Å². The van der Waals surface area contributed by atoms with Crippen LogP contribution < -0.4 is 9.64 Å². The minimum Gasteiger partial charge on any atom is -0.495 e. The first-order valence-corrected chi connectivity index (χ1v) is 6.57. The van der Waals surface area contributed by atoms with Crippen LogP contribution in [-0.2, 0) is 9.53 Å². The van der Waals surface area contributed by atoms with Crippen molar-refractivity contribution in [2.75, 3.05) is 18.6 Å². The highest BCUT2D eigenvalue weighted by Crippen LogP contribution is 2.32. The summed E-state index contributed by atoms with van der Waals surface area (Å²) in [7, 11) is 1.42. The van der Waals surface area contributed by atoms with Gasteiger partial charge in [0, 0.05) is 5.02 Å². The monoisotopic (exact) mass is 315 g/mol. The maximum Gasteiger partial charge on any atom is 0.415 e. The lowest BCUT2D eigenvalue weighted by Gasteiger charge is -2.27. The van der Waals surface area contributed by atoms with Gasteiger partial charge in [0.2, 0.25) is 0 Å². The van der Waals surface area contributed by atoms with Gasteiger partial charge >= 0.3 is 12.1 Å². The Morgan fingerprint density at radius 2 is 1.95 bits per heavy atom. The standard InChI is InChI=1S/C14H18ClNO5/c1-14(2,3)21-13(19)16(8-12(17)18)10-7-9(15)5-6-11(10)20-4/h5-7H,8H2,1-4H3,(H,17,18). The van der Waals surface area contributed by atoms with Crippen molar-refractivity contribution in [1.29, 1.82) is 0 Å². The molecular formula is C14H18ClNO5. The zero-order chi connectivity index (χ0) is 16.2. The zero-order valence-electron chi connectivity index (χ0n) is 12.3. The Balaban J connectivity index is 3.22. The van der Waals surface area contributed by atoms with Crippen molar-refractivity contribution in [1.82, 2.24) is 0 Å². The summed E-state index contributed by atoms with van der Waals surface area (Å²) in [5.41, 5.74) is -0.513. The Bertz CT molecular complexity index is 539. The third-order valence-electron chi connectivity index (χ3n) is 2.34. The number of halogens is 1. The van der Waals surface area contributed by atoms with Crippen LogP contribution >= 0.6 is 11.6 Å². The Hall–Kier alpha value is -1.95. The van der Waals surface area contributed by atoms with Crippen molar-refractivity contribution < 1.29 is 24.2 Å². The minimum atomic E-state index is -1.18. The van der Waals surface area contributed by atoms with Crippen LogP contribution in [0.2, 0.25) is 5.02 Å². The number of hydrogen-bond acceptors (Lipinski definition) is 4. The van der Waals surface area contributed by atoms with Crippen LogP contribution in [0, 0.1) is 0 Å². The predicted octanol–water partition coefficient (Wildman–Crippen LogP) is 3.17. The van der Waals surface area contributed by atoms with E-state index in [-0.39, 0.29) is 5.69 Å². The molecule has 0 unspecified atom stereocenters. The molecule has 0 aliphatic carbocycles. The summed E-state index contributed by atoms with van der Waals surface area (Å²) < 4.78 is 10.4. The van der Waals surface area contributed by atoms with E-state index in [1.807, 2.05) is 0 Å². The summed E-state index contributed by atoms with van der Waals surface area (Å²) in [6, 6.07) is 4.59. The molecule has 0 saturated carbocycles. The largest absolute Gasteiger partial charge is 0.495 e. The number of rotatable bonds is 4. The van der Waals surface area contributed by atoms with Gasteiger partial charge in [0.05, 0.1) is 12.8 Å². The number of nitrogens with zero attached hydrogens (tertiary/aromatic N) is 1. The van der Waals surface area contributed by atoms with Gasteiger partial charge in [-0.1, -0.05) is 11.6 Å². The van der Waals surface area contributed by atoms with Crippen LogP contribution in [0.3, 0.4) is 0 Å². The second kappa shape index (κ2) is 6.67. The third-order valence-corrected chi connectivity index (χ3v) is 2.57. The van der Waals surface area contributed by atoms with Crippen molar-refractivity contribution in [3.05, 3.63) is 23.2 Å². The predicted molar refractivity (Wildman–Crippen MR) is 79.2 cm³/mol. The van der Waals surface area contributed by atoms with Crippen LogP contribution in [-0.4, -0.2) is 36.4 Å². The number of hydrogen-bond donors (Lipinski definition) is 1. The molecule has 0 atom stereocenters. The second-order valence-corrected chi connectivity index (χ2v) is 5.71. The Labute approximate surface area is 128 Å². The van der Waals surface area contributed by atoms with Crippen LogP contribution in [0.1, 0.15) is 20.8 Å². The van der Waals surface area contributed by atoms with Gasteiger partial charge in [0.1, 0.15) is 17.9 Å². The quantitative estimate of drug-likeness (QED) is 0.923. The Morgan fingerprint density at radius 1 is 1.33 bits per heavy atom. The molecule has 0 fully saturated rings. The molecule has 1 aromatic rings. The topological polar surface area (TPSA) is 76.1 Å². The van der Waals surface area contributed by atoms with Crippen molar-refractivity contribution in [2.45, 2.75) is 26.4 Å². The first-order valence-electron chi connectivity index (χ1n) is 6.20. The van der Waals surface area contributed by atoms with E-state index in [0.717, 1.165) is 4.90 Å². The Morgan fingerprint density at radius 3 is 2.43 bits per heavy atom. The molecule has 0 heterocycles. The molecule has 0 radical (unpaired) electrons. The fraction of sp³-hybridized carbons (Fsp3) is 0.429. The minimum absolute atomic E-state index is 0.238. The van der Waals surface area contributed by atoms with Crippen molar-refractivity contribution in [2.24, 2.45) is 0 Å². The van der Waals surface area contributed by atoms with Crippen molar-refractivity contribution in [3.63, 3.8) is 0 Å². The van der Waals surface area contributed by atoms with Gasteiger partial charge in [-0.15, -0.1) is 0 Å². The van der Waals surface area contributed by atoms with E-state index in [4.69, 9.17) is 26.2 Å². The first-order chi connectivity index (χ1) is 9.64. The van der Waals surface area contributed by atoms with Gasteiger partial charge in [0.25, 0.3) is 0 Å². The second-order valence-electron chi connectivity index (χ2n) is 5.28. The zero-order valence-corrected chi connectivity index (χ0v) is 13.1. The number of carboxylic acids is 1. The maximum absolute atomic E-state index is 12.2. The fourth-order valence-electron chi connectivity index (χ4n) is 1.57. The SMILES string of the molecule is COc1ccc(Cl)cc1N(CC(=O)O)C(=O)OC(C)(C)C. The number of carbonyl (C=O) groups is 2. The van der Waals surface area contributed by atoms with Gasteiger partial charge in [-0.2, -0.15) is 0 Å². The molecule has 7 heteroatoms. The molecule has 0 aliphatic heterocycles. The molecule has 0 aliphatic rings. The van der Waals surface area contributed by atoms with E-state index < -0.39 is 24.2 Å². The number of methoxy groups -OCH3 is 1. The lowest BCUT2D eigenvalue weighted by molar-refractivity contribution is -0.135. The molecule has 0 spiro atoms. The number of aliphatic carboxylic acids is 1. The van der Waals surface area contributed by atoms with Crippen LogP contribution in [0.4, 0.5) is 10.5 Å². The smallest absolute Gasteiger partial charge is 0.415 e. The molecule has 116 valence electrons. The highest BCUT2D eigenvalue weighted by Gasteiger charge is 2.27. The molecule has 0 aromatic heterocycles. The number of benzene rings is 1. The van der Waals surface area contributed by atoms with Crippen LogP contribution in [0.15, 0.2) is 18.2 Å². The molecule has 0 bridgehead atoms. The lowest BCUT2D eigenvalue weighted by atomic mass is 10.2. The number of carbonyl (C=O) groups excluding carboxylic acids is 1. The van der Waals surface area contributed by atoms with Crippen LogP contribution in [0.25, 0.3) is 0 Å². The molecule has 1 N–H and O–H groups in total. The number of anilines is 1. The van der Waals surface area contributed by atoms with Gasteiger partial charge in [0.15, 0.2) is 0 Å². The highest BCUT2D eigenvalue weighted by atomic mass is 35.5. The average molecular weight is 316 g/mol. The maximum atomic E-state index is 12.2. The summed E-state index contributed by atoms with van der Waals surface area (Å²) in [6.45, 7) is 4.52. The number of amides is 1. The van der Waals surface area contributed by atoms with Gasteiger partial charge in [-0.05, 0) is 39.0 Å². The molecule has 6 nitrogen and oxygen atoms in total. The molecule has 0 saturated heterocycles. The molecule has 21 heavy (non-hydrogen) atoms. The van der Waals surface area contributed by atoms with E-state index in [0.29, 0.717) is 10.8 Å². The molecular weight excluding hydrogens is 298 g/mol. The summed E-state index contributed by atoms with van der Waals surface area (Å²) in [6.07, 6.45) is -0.787. The number of ether oxygens (including phenoxy) is 2. The fourth-order valence-corrected chi connectivity index (χ4v) is 1.74. The highest BCUT2D eigenvalue weighted by molar-refractivity contribution is 6.31. The third kappa shape index (κ3) is 5.15. The summed E-state index contributed by atoms with van der Waals surface area (Å²) in [4.78, 5) is 24.2. The normalized spacial score (nSPS) is 10.9. The van der Waals surface area contributed by atoms with Gasteiger partial charge in [-0.3, -0.25) is 9.69 Å². The molecule has 1 aromatic carbocycles. The van der Waals surface area contributed by atoms with Crippen molar-refractivity contribution >= 4 is 29.4 Å². The van der Waals surface area contributed by atoms with Gasteiger partial charge < -0.3 is 14.6 Å². The summed E-state index contributed by atoms with van der Waals surface area (Å²) in [5, 5.41) is 9.35. The Kier molecular flexibility index (Phi) is 5.43. The van der Waals surface area contributed by atoms with Crippen LogP contribution in [0.5, 0.6) is 5.75 Å². The van der Waals surface area contributed by atoms with Gasteiger partial charge in [-0.25, -0.2) is 4.79 Å². The van der Waals surface area contributed by atoms with E-state index in [1.165, 1.54) is 13.2 Å². The van der Waals surface area contributed by atoms with E-state index in [9.17, 15) is 9.59 Å². The average Bonchev–Trinajstić information content (AvgIpc) is 2.33. The van der Waals surface area contributed by atoms with E-state index in [1.54, 1.807) is 32.9 Å². The van der Waals surface area contributed by atoms with E-state index in [2.05, 4.69) is 0 Å². The lowest BCUT2D eigenvalue weighted by Crippen LogP contribution is -2.40. The summed E-state index contributed by atoms with van der Waals surface area (Å²) in [5.74, 6) is -0.852. The number of carboxylic acid groups (broad SMARTS) is 1. The molecule has 1 rings (SSSR count). The first kappa shape index (κ1) is 17.1. The summed E-state index contributed by atoms with van der Waals surface area (Å²) >= 11 is 5.91. The molecule has 1 amide bonds. The van der Waals surface area contributed by atoms with Crippen molar-refractivity contribution in [3.8, 4) is 5.75 Å².